The second-order valence-electron chi connectivity index (χ2n) is 4.58. The fraction of sp³-hybridized carbons (Fsp3) is 0.571. The van der Waals surface area contributed by atoms with Crippen LogP contribution in [0, 0.1) is 0 Å². The van der Waals surface area contributed by atoms with Gasteiger partial charge in [0.1, 0.15) is 6.10 Å². The molecule has 1 fully saturated rings. The molecule has 106 valence electrons. The van der Waals surface area contributed by atoms with Gasteiger partial charge in [0.05, 0.1) is 25.9 Å². The van der Waals surface area contributed by atoms with Crippen molar-refractivity contribution in [1.82, 2.24) is 5.32 Å². The molecule has 1 aromatic carbocycles. The lowest BCUT2D eigenvalue weighted by molar-refractivity contribution is -0.102. The van der Waals surface area contributed by atoms with Crippen molar-refractivity contribution < 1.29 is 9.47 Å². The summed E-state index contributed by atoms with van der Waals surface area (Å²) in [5, 5.41) is 3.57. The van der Waals surface area contributed by atoms with Gasteiger partial charge >= 0.3 is 0 Å². The van der Waals surface area contributed by atoms with Gasteiger partial charge in [-0.2, -0.15) is 0 Å². The summed E-state index contributed by atoms with van der Waals surface area (Å²) >= 11 is 7.17. The fourth-order valence-electron chi connectivity index (χ4n) is 2.19. The van der Waals surface area contributed by atoms with Gasteiger partial charge in [0.25, 0.3) is 0 Å². The maximum Gasteiger partial charge on any atom is 0.100 e. The molecule has 2 unspecified atom stereocenters. The summed E-state index contributed by atoms with van der Waals surface area (Å²) < 4.78 is 13.6. The highest BCUT2D eigenvalue weighted by atomic mass is 79.9. The Kier molecular flexibility index (Phi) is 6.29. The number of nitrogens with one attached hydrogen (secondary N) is 1. The predicted molar refractivity (Wildman–Crippen MR) is 83.4 cm³/mol. The third kappa shape index (κ3) is 4.26. The van der Waals surface area contributed by atoms with Crippen molar-refractivity contribution in [3.63, 3.8) is 0 Å². The SMILES string of the molecule is CCCNC(c1cc(Br)ccc1Br)C1COCCO1. The Morgan fingerprint density at radius 3 is 2.89 bits per heavy atom. The van der Waals surface area contributed by atoms with E-state index in [1.54, 1.807) is 0 Å². The lowest BCUT2D eigenvalue weighted by Gasteiger charge is -2.32. The molecule has 1 N–H and O–H groups in total. The molecule has 0 spiro atoms. The van der Waals surface area contributed by atoms with Gasteiger partial charge in [-0.15, -0.1) is 0 Å². The second-order valence-corrected chi connectivity index (χ2v) is 6.35. The predicted octanol–water partition coefficient (Wildman–Crippen LogP) is 3.67. The van der Waals surface area contributed by atoms with Gasteiger partial charge in [-0.25, -0.2) is 0 Å². The molecule has 0 amide bonds. The molecular formula is C14H19Br2NO2. The number of halogens is 2. The molecule has 1 saturated heterocycles. The van der Waals surface area contributed by atoms with Crippen LogP contribution in [0.4, 0.5) is 0 Å². The first-order chi connectivity index (χ1) is 9.22. The Morgan fingerprint density at radius 1 is 1.37 bits per heavy atom. The monoisotopic (exact) mass is 391 g/mol. The van der Waals surface area contributed by atoms with E-state index in [9.17, 15) is 0 Å². The van der Waals surface area contributed by atoms with Crippen LogP contribution in [0.25, 0.3) is 0 Å². The van der Waals surface area contributed by atoms with Crippen LogP contribution in [0.15, 0.2) is 27.1 Å². The maximum absolute atomic E-state index is 5.86. The van der Waals surface area contributed by atoms with Gasteiger partial charge in [-0.05, 0) is 36.7 Å². The van der Waals surface area contributed by atoms with E-state index in [0.717, 1.165) is 21.9 Å². The van der Waals surface area contributed by atoms with Crippen LogP contribution in [0.5, 0.6) is 0 Å². The summed E-state index contributed by atoms with van der Waals surface area (Å²) in [7, 11) is 0. The molecule has 2 rings (SSSR count). The number of rotatable bonds is 5. The van der Waals surface area contributed by atoms with Crippen molar-refractivity contribution >= 4 is 31.9 Å². The van der Waals surface area contributed by atoms with E-state index in [1.165, 1.54) is 5.56 Å². The fourth-order valence-corrected chi connectivity index (χ4v) is 3.06. The summed E-state index contributed by atoms with van der Waals surface area (Å²) in [5.41, 5.74) is 1.21. The van der Waals surface area contributed by atoms with Crippen molar-refractivity contribution in [1.29, 1.82) is 0 Å². The molecule has 1 aliphatic heterocycles. The quantitative estimate of drug-likeness (QED) is 0.829. The summed E-state index contributed by atoms with van der Waals surface area (Å²) in [6.07, 6.45) is 1.15. The van der Waals surface area contributed by atoms with E-state index in [0.29, 0.717) is 19.8 Å². The average molecular weight is 393 g/mol. The number of ether oxygens (including phenoxy) is 2. The topological polar surface area (TPSA) is 30.5 Å². The first-order valence-corrected chi connectivity index (χ1v) is 8.18. The summed E-state index contributed by atoms with van der Waals surface area (Å²) in [6, 6.07) is 6.37. The third-order valence-electron chi connectivity index (χ3n) is 3.12. The Labute approximate surface area is 131 Å². The third-order valence-corrected chi connectivity index (χ3v) is 4.34. The minimum absolute atomic E-state index is 0.0610. The van der Waals surface area contributed by atoms with Gasteiger partial charge in [0.2, 0.25) is 0 Å². The van der Waals surface area contributed by atoms with Crippen molar-refractivity contribution in [2.75, 3.05) is 26.4 Å². The highest BCUT2D eigenvalue weighted by Crippen LogP contribution is 2.30. The largest absolute Gasteiger partial charge is 0.376 e. The van der Waals surface area contributed by atoms with Gasteiger partial charge in [-0.3, -0.25) is 0 Å². The first-order valence-electron chi connectivity index (χ1n) is 6.60. The summed E-state index contributed by atoms with van der Waals surface area (Å²) in [6.45, 7) is 5.12. The lowest BCUT2D eigenvalue weighted by atomic mass is 10.0. The zero-order valence-corrected chi connectivity index (χ0v) is 14.2. The second kappa shape index (κ2) is 7.74. The van der Waals surface area contributed by atoms with E-state index in [-0.39, 0.29) is 12.1 Å². The van der Waals surface area contributed by atoms with Crippen LogP contribution in [0.3, 0.4) is 0 Å². The molecule has 19 heavy (non-hydrogen) atoms. The van der Waals surface area contributed by atoms with Gasteiger partial charge in [-0.1, -0.05) is 38.8 Å². The minimum Gasteiger partial charge on any atom is -0.376 e. The Hall–Kier alpha value is 0.0600. The van der Waals surface area contributed by atoms with E-state index < -0.39 is 0 Å². The standard InChI is InChI=1S/C14H19Br2NO2/c1-2-5-17-14(13-9-18-6-7-19-13)11-8-10(15)3-4-12(11)16/h3-4,8,13-14,17H,2,5-7,9H2,1H3. The molecule has 1 heterocycles. The zero-order valence-electron chi connectivity index (χ0n) is 11.0. The number of benzene rings is 1. The lowest BCUT2D eigenvalue weighted by Crippen LogP contribution is -2.41. The van der Waals surface area contributed by atoms with Crippen molar-refractivity contribution in [2.45, 2.75) is 25.5 Å². The Balaban J connectivity index is 2.22. The molecule has 5 heteroatoms. The van der Waals surface area contributed by atoms with E-state index in [4.69, 9.17) is 9.47 Å². The van der Waals surface area contributed by atoms with Crippen LogP contribution in [-0.2, 0) is 9.47 Å². The maximum atomic E-state index is 5.86. The normalized spacial score (nSPS) is 21.3. The van der Waals surface area contributed by atoms with Crippen molar-refractivity contribution in [3.8, 4) is 0 Å². The molecule has 1 aliphatic rings. The van der Waals surface area contributed by atoms with Crippen LogP contribution in [0.2, 0.25) is 0 Å². The van der Waals surface area contributed by atoms with Crippen molar-refractivity contribution in [2.24, 2.45) is 0 Å². The highest BCUT2D eigenvalue weighted by Gasteiger charge is 2.27. The van der Waals surface area contributed by atoms with E-state index >= 15 is 0 Å². The van der Waals surface area contributed by atoms with E-state index in [1.807, 2.05) is 6.07 Å². The molecule has 3 nitrogen and oxygen atoms in total. The average Bonchev–Trinajstić information content (AvgIpc) is 2.44. The molecule has 1 aromatic rings. The van der Waals surface area contributed by atoms with Crippen LogP contribution in [0.1, 0.15) is 24.9 Å². The molecule has 0 radical (unpaired) electrons. The van der Waals surface area contributed by atoms with Gasteiger partial charge in [0.15, 0.2) is 0 Å². The number of hydrogen-bond acceptors (Lipinski definition) is 3. The summed E-state index contributed by atoms with van der Waals surface area (Å²) in [5.74, 6) is 0. The van der Waals surface area contributed by atoms with E-state index in [2.05, 4.69) is 56.2 Å². The molecule has 0 saturated carbocycles. The molecule has 0 bridgehead atoms. The molecule has 2 atom stereocenters. The molecule has 0 aromatic heterocycles. The van der Waals surface area contributed by atoms with Crippen LogP contribution in [-0.4, -0.2) is 32.5 Å². The Morgan fingerprint density at radius 2 is 2.21 bits per heavy atom. The summed E-state index contributed by atoms with van der Waals surface area (Å²) in [4.78, 5) is 0. The molecule has 0 aliphatic carbocycles. The first kappa shape index (κ1) is 15.4. The van der Waals surface area contributed by atoms with Gasteiger partial charge in [0, 0.05) is 8.95 Å². The highest BCUT2D eigenvalue weighted by molar-refractivity contribution is 9.11. The van der Waals surface area contributed by atoms with Crippen molar-refractivity contribution in [3.05, 3.63) is 32.7 Å². The minimum atomic E-state index is 0.0610. The van der Waals surface area contributed by atoms with Crippen LogP contribution >= 0.6 is 31.9 Å². The van der Waals surface area contributed by atoms with Crippen LogP contribution < -0.4 is 5.32 Å². The smallest absolute Gasteiger partial charge is 0.100 e. The zero-order chi connectivity index (χ0) is 13.7. The Bertz CT molecular complexity index is 408. The molecular weight excluding hydrogens is 374 g/mol. The number of hydrogen-bond donors (Lipinski definition) is 1. The van der Waals surface area contributed by atoms with Gasteiger partial charge < -0.3 is 14.8 Å².